The van der Waals surface area contributed by atoms with E-state index in [1.165, 1.54) is 0 Å². The van der Waals surface area contributed by atoms with Crippen LogP contribution >= 0.6 is 0 Å². The summed E-state index contributed by atoms with van der Waals surface area (Å²) in [5.74, 6) is 0.446. The summed E-state index contributed by atoms with van der Waals surface area (Å²) in [5, 5.41) is 26.9. The number of carbonyl (C=O) groups is 4. The second kappa shape index (κ2) is 14.9. The number of aromatic carboxylic acids is 1. The maximum absolute atomic E-state index is 12.8. The Morgan fingerprint density at radius 3 is 1.70 bits per heavy atom. The van der Waals surface area contributed by atoms with Gasteiger partial charge in [0.1, 0.15) is 11.6 Å². The Morgan fingerprint density at radius 2 is 1.23 bits per heavy atom. The topological polar surface area (TPSA) is 173 Å². The monoisotopic (exact) mass is 716 g/mol. The minimum Gasteiger partial charge on any atom is -0.478 e. The molecule has 0 spiro atoms. The van der Waals surface area contributed by atoms with Gasteiger partial charge in [-0.25, -0.2) is 4.79 Å². The van der Waals surface area contributed by atoms with Crippen LogP contribution in [-0.4, -0.2) is 53.3 Å². The van der Waals surface area contributed by atoms with Gasteiger partial charge in [0, 0.05) is 61.7 Å². The molecule has 0 radical (unpaired) electrons. The van der Waals surface area contributed by atoms with Crippen molar-refractivity contribution in [3.05, 3.63) is 116 Å². The number of hydrogen-bond acceptors (Lipinski definition) is 7. The fourth-order valence-corrected chi connectivity index (χ4v) is 7.55. The van der Waals surface area contributed by atoms with Crippen molar-refractivity contribution < 1.29 is 24.3 Å². The zero-order valence-corrected chi connectivity index (χ0v) is 31.0. The number of nitrogens with one attached hydrogen (secondary N) is 3. The quantitative estimate of drug-likeness (QED) is 0.161. The van der Waals surface area contributed by atoms with E-state index in [1.54, 1.807) is 33.8 Å². The van der Waals surface area contributed by atoms with Crippen LogP contribution in [0.3, 0.4) is 0 Å². The highest BCUT2D eigenvalue weighted by atomic mass is 16.4. The Balaban J connectivity index is 0.000000188. The van der Waals surface area contributed by atoms with E-state index in [0.29, 0.717) is 36.9 Å². The lowest BCUT2D eigenvalue weighted by Gasteiger charge is -2.19. The first-order chi connectivity index (χ1) is 25.2. The van der Waals surface area contributed by atoms with Crippen molar-refractivity contribution in [2.45, 2.75) is 72.1 Å². The van der Waals surface area contributed by atoms with Crippen molar-refractivity contribution in [3.63, 3.8) is 0 Å². The van der Waals surface area contributed by atoms with E-state index in [2.05, 4.69) is 31.1 Å². The van der Waals surface area contributed by atoms with Crippen LogP contribution in [0.5, 0.6) is 0 Å². The Hall–Kier alpha value is -6.11. The maximum Gasteiger partial charge on any atom is 0.335 e. The van der Waals surface area contributed by atoms with Gasteiger partial charge < -0.3 is 21.1 Å². The summed E-state index contributed by atoms with van der Waals surface area (Å²) in [6.07, 6.45) is 3.95. The molecule has 7 rings (SSSR count). The molecule has 0 aliphatic carbocycles. The lowest BCUT2D eigenvalue weighted by Crippen LogP contribution is -2.14. The predicted octanol–water partition coefficient (Wildman–Crippen LogP) is 6.46. The van der Waals surface area contributed by atoms with Crippen molar-refractivity contribution in [1.29, 1.82) is 0 Å². The third-order valence-corrected chi connectivity index (χ3v) is 10.1. The molecule has 0 saturated heterocycles. The van der Waals surface area contributed by atoms with Gasteiger partial charge in [-0.05, 0) is 106 Å². The summed E-state index contributed by atoms with van der Waals surface area (Å²) in [6.45, 7) is 9.68. The van der Waals surface area contributed by atoms with Gasteiger partial charge >= 0.3 is 5.97 Å². The van der Waals surface area contributed by atoms with E-state index in [1.807, 2.05) is 79.0 Å². The number of pyridine rings is 1. The minimum atomic E-state index is -0.935. The van der Waals surface area contributed by atoms with Crippen LogP contribution in [0, 0.1) is 34.6 Å². The molecule has 0 bridgehead atoms. The van der Waals surface area contributed by atoms with Gasteiger partial charge in [0.15, 0.2) is 0 Å². The van der Waals surface area contributed by atoms with E-state index in [0.717, 1.165) is 62.1 Å². The van der Waals surface area contributed by atoms with Crippen LogP contribution in [-0.2, 0) is 23.7 Å². The molecular weight excluding hydrogens is 672 g/mol. The fraction of sp³-hybridized carbons (Fsp3) is 0.325. The Kier molecular flexibility index (Phi) is 10.3. The van der Waals surface area contributed by atoms with Gasteiger partial charge in [-0.15, -0.1) is 0 Å². The molecule has 5 heterocycles. The molecule has 3 aromatic heterocycles. The lowest BCUT2D eigenvalue weighted by molar-refractivity contribution is -0.117. The van der Waals surface area contributed by atoms with Crippen molar-refractivity contribution in [2.75, 3.05) is 16.0 Å². The third kappa shape index (κ3) is 7.46. The van der Waals surface area contributed by atoms with Crippen LogP contribution in [0.25, 0.3) is 0 Å². The molecule has 13 heteroatoms. The molecule has 0 saturated carbocycles. The van der Waals surface area contributed by atoms with E-state index < -0.39 is 5.97 Å². The molecule has 13 nitrogen and oxygen atoms in total. The average Bonchev–Trinajstić information content (AvgIpc) is 3.36. The van der Waals surface area contributed by atoms with Crippen LogP contribution in [0.4, 0.5) is 17.3 Å². The number of carboxylic acids is 1. The molecule has 2 unspecified atom stereocenters. The number of anilines is 3. The largest absolute Gasteiger partial charge is 0.478 e. The molecular formula is C40H44N8O5. The fourth-order valence-electron chi connectivity index (χ4n) is 7.55. The van der Waals surface area contributed by atoms with Crippen LogP contribution in [0.2, 0.25) is 0 Å². The number of nitrogens with zero attached hydrogens (tertiary/aromatic N) is 5. The van der Waals surface area contributed by atoms with Gasteiger partial charge in [0.2, 0.25) is 11.8 Å². The number of rotatable bonds is 5. The predicted molar refractivity (Wildman–Crippen MR) is 202 cm³/mol. The molecule has 5 aromatic rings. The molecule has 2 aromatic carbocycles. The first-order valence-corrected chi connectivity index (χ1v) is 17.6. The number of carbonyl (C=O) groups excluding carboxylic acids is 3. The molecule has 274 valence electrons. The molecule has 2 atom stereocenters. The second-order valence-corrected chi connectivity index (χ2v) is 13.8. The number of aryl methyl sites for hydroxylation is 7. The molecule has 0 fully saturated rings. The van der Waals surface area contributed by atoms with Crippen molar-refractivity contribution >= 4 is 41.0 Å². The van der Waals surface area contributed by atoms with E-state index in [4.69, 9.17) is 5.11 Å². The highest BCUT2D eigenvalue weighted by molar-refractivity contribution is 6.04. The highest BCUT2D eigenvalue weighted by Crippen LogP contribution is 2.41. The van der Waals surface area contributed by atoms with Gasteiger partial charge in [-0.1, -0.05) is 12.1 Å². The normalized spacial score (nSPS) is 16.5. The molecule has 3 amide bonds. The zero-order valence-electron chi connectivity index (χ0n) is 31.0. The first kappa shape index (κ1) is 36.7. The molecule has 2 aliphatic rings. The van der Waals surface area contributed by atoms with E-state index in [9.17, 15) is 19.2 Å². The van der Waals surface area contributed by atoms with Gasteiger partial charge in [-0.2, -0.15) is 10.2 Å². The van der Waals surface area contributed by atoms with Crippen molar-refractivity contribution in [2.24, 2.45) is 14.1 Å². The Labute approximate surface area is 307 Å². The van der Waals surface area contributed by atoms with Crippen LogP contribution < -0.4 is 16.0 Å². The minimum absolute atomic E-state index is 0.00208. The zero-order chi connectivity index (χ0) is 38.1. The number of fused-ring (bicyclic) bond motifs is 2. The summed E-state index contributed by atoms with van der Waals surface area (Å²) in [4.78, 5) is 52.3. The lowest BCUT2D eigenvalue weighted by atomic mass is 9.85. The summed E-state index contributed by atoms with van der Waals surface area (Å²) < 4.78 is 3.43. The number of amides is 3. The molecule has 4 N–H and O–H groups in total. The van der Waals surface area contributed by atoms with Gasteiger partial charge in [-0.3, -0.25) is 28.7 Å². The first-order valence-electron chi connectivity index (χ1n) is 17.6. The second-order valence-electron chi connectivity index (χ2n) is 13.8. The van der Waals surface area contributed by atoms with Crippen molar-refractivity contribution in [3.8, 4) is 0 Å². The van der Waals surface area contributed by atoms with E-state index in [-0.39, 0.29) is 35.1 Å². The molecule has 53 heavy (non-hydrogen) atoms. The third-order valence-electron chi connectivity index (χ3n) is 10.1. The maximum atomic E-state index is 12.8. The summed E-state index contributed by atoms with van der Waals surface area (Å²) in [6, 6.07) is 14.5. The number of carboxylic acid groups (broad SMARTS) is 1. The number of benzene rings is 2. The Bertz CT molecular complexity index is 2270. The smallest absolute Gasteiger partial charge is 0.335 e. The van der Waals surface area contributed by atoms with E-state index >= 15 is 0 Å². The number of aromatic nitrogens is 5. The van der Waals surface area contributed by atoms with Gasteiger partial charge in [0.05, 0.1) is 28.3 Å². The summed E-state index contributed by atoms with van der Waals surface area (Å²) >= 11 is 0. The number of hydrogen-bond donors (Lipinski definition) is 4. The van der Waals surface area contributed by atoms with Crippen LogP contribution in [0.1, 0.15) is 109 Å². The standard InChI is InChI=1S/C23H25N5O2.C17H19N3O3/c1-13-12-16(23(30)25-19-6-5-11-24-14(19)2)7-8-17(13)18-9-10-20(29)26-22-21(18)15(3)27-28(22)4;1-9-8-11(17(22)23)4-5-12(9)13-6-7-14(21)18-16-15(13)10(2)19-20(16)3/h5-8,11-12,18H,9-10H2,1-4H3,(H,25,30)(H,26,29);4-5,8,13H,6-7H2,1-3H3,(H,18,21)(H,22,23). The van der Waals surface area contributed by atoms with Crippen LogP contribution in [0.15, 0.2) is 54.7 Å². The molecule has 2 aliphatic heterocycles. The van der Waals surface area contributed by atoms with Gasteiger partial charge in [0.25, 0.3) is 5.91 Å². The average molecular weight is 717 g/mol. The highest BCUT2D eigenvalue weighted by Gasteiger charge is 2.31. The Morgan fingerprint density at radius 1 is 0.736 bits per heavy atom. The van der Waals surface area contributed by atoms with Crippen molar-refractivity contribution in [1.82, 2.24) is 24.5 Å². The summed E-state index contributed by atoms with van der Waals surface area (Å²) in [7, 11) is 3.66. The summed E-state index contributed by atoms with van der Waals surface area (Å²) in [5.41, 5.74) is 10.3. The SMILES string of the molecule is Cc1cc(C(=O)Nc2cccnc2C)ccc1C1CCC(=O)Nc2c1c(C)nn2C.Cc1cc(C(=O)O)ccc1C1CCC(=O)Nc2c1c(C)nn2C.